The van der Waals surface area contributed by atoms with Crippen molar-refractivity contribution < 1.29 is 13.2 Å². The molecule has 0 amide bonds. The highest BCUT2D eigenvalue weighted by atomic mass is 32.1. The van der Waals surface area contributed by atoms with Crippen molar-refractivity contribution in [3.8, 4) is 10.6 Å². The van der Waals surface area contributed by atoms with Crippen LogP contribution in [0.5, 0.6) is 0 Å². The molecular weight excluding hydrogens is 273 g/mol. The Labute approximate surface area is 113 Å². The molecule has 0 aliphatic heterocycles. The second-order valence-corrected chi connectivity index (χ2v) is 5.14. The Hall–Kier alpha value is -1.40. The molecule has 2 rings (SSSR count). The van der Waals surface area contributed by atoms with Crippen LogP contribution in [0.4, 0.5) is 13.2 Å². The SMILES string of the molecule is CNCCc1cnc(-c2ccccc2C(F)(F)F)s1. The molecule has 0 saturated heterocycles. The molecule has 1 aromatic heterocycles. The number of rotatable bonds is 4. The van der Waals surface area contributed by atoms with Crippen LogP contribution in [-0.2, 0) is 12.6 Å². The Morgan fingerprint density at radius 3 is 2.68 bits per heavy atom. The molecule has 0 atom stereocenters. The smallest absolute Gasteiger partial charge is 0.319 e. The van der Waals surface area contributed by atoms with Gasteiger partial charge in [-0.05, 0) is 26.1 Å². The third-order valence-corrected chi connectivity index (χ3v) is 3.73. The molecule has 1 N–H and O–H groups in total. The normalized spacial score (nSPS) is 11.8. The molecule has 0 unspecified atom stereocenters. The van der Waals surface area contributed by atoms with Gasteiger partial charge in [-0.3, -0.25) is 0 Å². The average Bonchev–Trinajstić information content (AvgIpc) is 2.84. The first-order valence-electron chi connectivity index (χ1n) is 5.78. The maximum Gasteiger partial charge on any atom is 0.417 e. The zero-order chi connectivity index (χ0) is 13.9. The van der Waals surface area contributed by atoms with Crippen LogP contribution in [0.2, 0.25) is 0 Å². The van der Waals surface area contributed by atoms with Gasteiger partial charge in [0.2, 0.25) is 0 Å². The Morgan fingerprint density at radius 2 is 2.00 bits per heavy atom. The van der Waals surface area contributed by atoms with Crippen molar-refractivity contribution in [2.75, 3.05) is 13.6 Å². The van der Waals surface area contributed by atoms with Crippen LogP contribution < -0.4 is 5.32 Å². The number of hydrogen-bond donors (Lipinski definition) is 1. The summed E-state index contributed by atoms with van der Waals surface area (Å²) in [7, 11) is 1.83. The van der Waals surface area contributed by atoms with Crippen molar-refractivity contribution >= 4 is 11.3 Å². The summed E-state index contributed by atoms with van der Waals surface area (Å²) in [5.41, 5.74) is -0.486. The largest absolute Gasteiger partial charge is 0.417 e. The minimum absolute atomic E-state index is 0.149. The van der Waals surface area contributed by atoms with E-state index in [1.807, 2.05) is 7.05 Å². The van der Waals surface area contributed by atoms with Gasteiger partial charge < -0.3 is 5.32 Å². The van der Waals surface area contributed by atoms with Crippen molar-refractivity contribution in [2.45, 2.75) is 12.6 Å². The molecule has 1 heterocycles. The first-order chi connectivity index (χ1) is 9.02. The third-order valence-electron chi connectivity index (χ3n) is 2.64. The Balaban J connectivity index is 2.34. The molecule has 6 heteroatoms. The number of alkyl halides is 3. The average molecular weight is 286 g/mol. The van der Waals surface area contributed by atoms with Crippen LogP contribution in [-0.4, -0.2) is 18.6 Å². The van der Waals surface area contributed by atoms with E-state index in [1.54, 1.807) is 12.3 Å². The van der Waals surface area contributed by atoms with E-state index in [0.29, 0.717) is 5.01 Å². The van der Waals surface area contributed by atoms with E-state index in [-0.39, 0.29) is 5.56 Å². The molecule has 0 spiro atoms. The first-order valence-corrected chi connectivity index (χ1v) is 6.60. The lowest BCUT2D eigenvalue weighted by molar-refractivity contribution is -0.137. The summed E-state index contributed by atoms with van der Waals surface area (Å²) < 4.78 is 38.7. The lowest BCUT2D eigenvalue weighted by Crippen LogP contribution is -2.09. The molecule has 0 saturated carbocycles. The summed E-state index contributed by atoms with van der Waals surface area (Å²) in [6.45, 7) is 0.780. The van der Waals surface area contributed by atoms with Crippen molar-refractivity contribution in [3.05, 3.63) is 40.9 Å². The van der Waals surface area contributed by atoms with Gasteiger partial charge in [-0.15, -0.1) is 11.3 Å². The zero-order valence-electron chi connectivity index (χ0n) is 10.3. The van der Waals surface area contributed by atoms with Gasteiger partial charge in [0.05, 0.1) is 5.56 Å². The predicted octanol–water partition coefficient (Wildman–Crippen LogP) is 3.59. The zero-order valence-corrected chi connectivity index (χ0v) is 11.1. The quantitative estimate of drug-likeness (QED) is 0.929. The molecule has 0 aliphatic rings. The maximum absolute atomic E-state index is 12.9. The number of likely N-dealkylation sites (N-methyl/N-ethyl adjacent to an activating group) is 1. The highest BCUT2D eigenvalue weighted by molar-refractivity contribution is 7.15. The molecule has 0 fully saturated rings. The summed E-state index contributed by atoms with van der Waals surface area (Å²) in [4.78, 5) is 5.08. The van der Waals surface area contributed by atoms with E-state index in [9.17, 15) is 13.2 Å². The second-order valence-electron chi connectivity index (χ2n) is 4.03. The summed E-state index contributed by atoms with van der Waals surface area (Å²) in [5.74, 6) is 0. The number of aromatic nitrogens is 1. The molecule has 0 radical (unpaired) electrons. The fourth-order valence-corrected chi connectivity index (χ4v) is 2.66. The van der Waals surface area contributed by atoms with Gasteiger partial charge in [-0.25, -0.2) is 4.98 Å². The van der Waals surface area contributed by atoms with Crippen LogP contribution >= 0.6 is 11.3 Å². The highest BCUT2D eigenvalue weighted by Gasteiger charge is 2.33. The van der Waals surface area contributed by atoms with Gasteiger partial charge in [-0.2, -0.15) is 13.2 Å². The van der Waals surface area contributed by atoms with E-state index in [4.69, 9.17) is 0 Å². The summed E-state index contributed by atoms with van der Waals surface area (Å²) >= 11 is 1.31. The first kappa shape index (κ1) is 14.0. The van der Waals surface area contributed by atoms with E-state index in [2.05, 4.69) is 10.3 Å². The number of nitrogens with one attached hydrogen (secondary N) is 1. The van der Waals surface area contributed by atoms with Crippen molar-refractivity contribution in [2.24, 2.45) is 0 Å². The lowest BCUT2D eigenvalue weighted by atomic mass is 10.1. The molecule has 2 aromatic rings. The Morgan fingerprint density at radius 1 is 1.26 bits per heavy atom. The standard InChI is InChI=1S/C13H13F3N2S/c1-17-7-6-9-8-18-12(19-9)10-4-2-3-5-11(10)13(14,15)16/h2-5,8,17H,6-7H2,1H3. The fourth-order valence-electron chi connectivity index (χ4n) is 1.71. The molecular formula is C13H13F3N2S. The Kier molecular flexibility index (Phi) is 4.21. The summed E-state index contributed by atoms with van der Waals surface area (Å²) in [6.07, 6.45) is -1.94. The minimum Gasteiger partial charge on any atom is -0.319 e. The highest BCUT2D eigenvalue weighted by Crippen LogP contribution is 2.38. The fraction of sp³-hybridized carbons (Fsp3) is 0.308. The topological polar surface area (TPSA) is 24.9 Å². The van der Waals surface area contributed by atoms with Crippen molar-refractivity contribution in [1.82, 2.24) is 10.3 Å². The molecule has 0 bridgehead atoms. The van der Waals surface area contributed by atoms with Gasteiger partial charge >= 0.3 is 6.18 Å². The second kappa shape index (κ2) is 5.71. The maximum atomic E-state index is 12.9. The number of halogens is 3. The lowest BCUT2D eigenvalue weighted by Gasteiger charge is -2.10. The number of thiazole rings is 1. The van der Waals surface area contributed by atoms with E-state index >= 15 is 0 Å². The van der Waals surface area contributed by atoms with Gasteiger partial charge in [0.25, 0.3) is 0 Å². The van der Waals surface area contributed by atoms with Crippen LogP contribution in [0, 0.1) is 0 Å². The van der Waals surface area contributed by atoms with Gasteiger partial charge in [0.15, 0.2) is 0 Å². The van der Waals surface area contributed by atoms with Gasteiger partial charge in [0.1, 0.15) is 5.01 Å². The van der Waals surface area contributed by atoms with Gasteiger partial charge in [-0.1, -0.05) is 18.2 Å². The van der Waals surface area contributed by atoms with Crippen molar-refractivity contribution in [3.63, 3.8) is 0 Å². The van der Waals surface area contributed by atoms with Crippen LogP contribution in [0.1, 0.15) is 10.4 Å². The summed E-state index contributed by atoms with van der Waals surface area (Å²) in [6, 6.07) is 5.54. The number of benzene rings is 1. The minimum atomic E-state index is -4.35. The predicted molar refractivity (Wildman–Crippen MR) is 70.2 cm³/mol. The van der Waals surface area contributed by atoms with Crippen LogP contribution in [0.3, 0.4) is 0 Å². The monoisotopic (exact) mass is 286 g/mol. The van der Waals surface area contributed by atoms with Crippen molar-refractivity contribution in [1.29, 1.82) is 0 Å². The van der Waals surface area contributed by atoms with E-state index in [0.717, 1.165) is 23.9 Å². The van der Waals surface area contributed by atoms with E-state index < -0.39 is 11.7 Å². The third kappa shape index (κ3) is 3.33. The molecule has 102 valence electrons. The van der Waals surface area contributed by atoms with E-state index in [1.165, 1.54) is 23.5 Å². The number of hydrogen-bond acceptors (Lipinski definition) is 3. The molecule has 2 nitrogen and oxygen atoms in total. The molecule has 0 aliphatic carbocycles. The van der Waals surface area contributed by atoms with Crippen LogP contribution in [0.25, 0.3) is 10.6 Å². The number of nitrogens with zero attached hydrogens (tertiary/aromatic N) is 1. The van der Waals surface area contributed by atoms with Crippen LogP contribution in [0.15, 0.2) is 30.5 Å². The molecule has 1 aromatic carbocycles. The summed E-state index contributed by atoms with van der Waals surface area (Å²) in [5, 5.41) is 3.42. The van der Waals surface area contributed by atoms with Gasteiger partial charge in [0, 0.05) is 16.6 Å². The Bertz CT molecular complexity index is 549. The molecule has 19 heavy (non-hydrogen) atoms.